The summed E-state index contributed by atoms with van der Waals surface area (Å²) in [6, 6.07) is 26.9. The summed E-state index contributed by atoms with van der Waals surface area (Å²) in [5.41, 5.74) is 9.83. The van der Waals surface area contributed by atoms with Gasteiger partial charge in [-0.15, -0.1) is 0 Å². The molecular formula is C31H39N5O2. The summed E-state index contributed by atoms with van der Waals surface area (Å²) in [5, 5.41) is 3.62. The van der Waals surface area contributed by atoms with Gasteiger partial charge >= 0.3 is 0 Å². The van der Waals surface area contributed by atoms with Gasteiger partial charge in [-0.2, -0.15) is 0 Å². The molecule has 0 bridgehead atoms. The standard InChI is InChI=1S/C31H39N5O2/c1-37-28-11-7-10-26(22-28)35-18-20-36(21-19-35)31(34-30-13-6-5-12-29(30)32)33-25-14-16-27(17-15-25)38-23-24-8-3-2-4-9-24/h2-4,7-11,14-17,22,29-30H,5-6,12-13,18-21,23,32H2,1H3,(H,33,34)/t29-,30-/m0/s1. The third-order valence-electron chi connectivity index (χ3n) is 7.43. The van der Waals surface area contributed by atoms with Crippen LogP contribution in [0.3, 0.4) is 0 Å². The number of aliphatic imine (C=N–C) groups is 1. The van der Waals surface area contributed by atoms with Crippen LogP contribution in [0.5, 0.6) is 11.5 Å². The summed E-state index contributed by atoms with van der Waals surface area (Å²) in [7, 11) is 1.71. The van der Waals surface area contributed by atoms with Gasteiger partial charge in [0, 0.05) is 49.7 Å². The Morgan fingerprint density at radius 2 is 1.66 bits per heavy atom. The van der Waals surface area contributed by atoms with E-state index in [0.29, 0.717) is 6.61 Å². The van der Waals surface area contributed by atoms with Crippen LogP contribution in [-0.2, 0) is 6.61 Å². The molecule has 1 heterocycles. The van der Waals surface area contributed by atoms with E-state index in [1.54, 1.807) is 7.11 Å². The second kappa shape index (κ2) is 12.7. The maximum Gasteiger partial charge on any atom is 0.198 e. The summed E-state index contributed by atoms with van der Waals surface area (Å²) >= 11 is 0. The van der Waals surface area contributed by atoms with E-state index in [9.17, 15) is 0 Å². The smallest absolute Gasteiger partial charge is 0.198 e. The molecule has 1 aliphatic carbocycles. The van der Waals surface area contributed by atoms with E-state index in [0.717, 1.165) is 67.7 Å². The fourth-order valence-corrected chi connectivity index (χ4v) is 5.14. The molecule has 3 aromatic rings. The summed E-state index contributed by atoms with van der Waals surface area (Å²) < 4.78 is 11.4. The number of nitrogens with two attached hydrogens (primary N) is 1. The van der Waals surface area contributed by atoms with Crippen molar-refractivity contribution in [3.05, 3.63) is 84.4 Å². The number of ether oxygens (including phenoxy) is 2. The number of methoxy groups -OCH3 is 1. The minimum absolute atomic E-state index is 0.118. The van der Waals surface area contributed by atoms with Gasteiger partial charge in [0.2, 0.25) is 0 Å². The molecule has 2 fully saturated rings. The van der Waals surface area contributed by atoms with Gasteiger partial charge in [-0.05, 0) is 54.8 Å². The lowest BCUT2D eigenvalue weighted by Crippen LogP contribution is -2.51. The topological polar surface area (TPSA) is 75.4 Å². The SMILES string of the molecule is COc1cccc(N2CCN(C(=N[C@H]3CCCC[C@@H]3N)Nc3ccc(OCc4ccccc4)cc3)CC2)c1. The highest BCUT2D eigenvalue weighted by molar-refractivity contribution is 5.94. The van der Waals surface area contributed by atoms with Crippen molar-refractivity contribution < 1.29 is 9.47 Å². The first-order chi connectivity index (χ1) is 18.7. The van der Waals surface area contributed by atoms with Crippen molar-refractivity contribution in [3.8, 4) is 11.5 Å². The minimum Gasteiger partial charge on any atom is -0.497 e. The number of anilines is 2. The zero-order chi connectivity index (χ0) is 26.2. The van der Waals surface area contributed by atoms with E-state index in [1.165, 1.54) is 18.5 Å². The molecule has 7 nitrogen and oxygen atoms in total. The van der Waals surface area contributed by atoms with Crippen LogP contribution in [0.1, 0.15) is 31.2 Å². The molecule has 1 saturated heterocycles. The summed E-state index contributed by atoms with van der Waals surface area (Å²) in [6.45, 7) is 4.14. The van der Waals surface area contributed by atoms with E-state index in [4.69, 9.17) is 20.2 Å². The Kier molecular flexibility index (Phi) is 8.66. The zero-order valence-corrected chi connectivity index (χ0v) is 22.3. The molecule has 7 heteroatoms. The van der Waals surface area contributed by atoms with Gasteiger partial charge in [0.1, 0.15) is 18.1 Å². The van der Waals surface area contributed by atoms with Gasteiger partial charge in [-0.3, -0.25) is 0 Å². The maximum atomic E-state index is 6.49. The fraction of sp³-hybridized carbons (Fsp3) is 0.387. The molecule has 0 amide bonds. The number of piperazine rings is 1. The summed E-state index contributed by atoms with van der Waals surface area (Å²) in [5.74, 6) is 2.64. The number of benzene rings is 3. The van der Waals surface area contributed by atoms with Gasteiger partial charge < -0.3 is 30.3 Å². The van der Waals surface area contributed by atoms with Crippen molar-refractivity contribution in [2.45, 2.75) is 44.4 Å². The lowest BCUT2D eigenvalue weighted by atomic mass is 9.91. The Morgan fingerprint density at radius 3 is 2.39 bits per heavy atom. The summed E-state index contributed by atoms with van der Waals surface area (Å²) in [4.78, 5) is 9.96. The van der Waals surface area contributed by atoms with Crippen molar-refractivity contribution in [3.63, 3.8) is 0 Å². The molecule has 1 aliphatic heterocycles. The van der Waals surface area contributed by atoms with Crippen LogP contribution in [0.4, 0.5) is 11.4 Å². The molecule has 0 unspecified atom stereocenters. The Labute approximate surface area is 226 Å². The minimum atomic E-state index is 0.118. The first-order valence-electron chi connectivity index (χ1n) is 13.7. The van der Waals surface area contributed by atoms with Crippen LogP contribution in [0.15, 0.2) is 83.9 Å². The normalized spacial score (nSPS) is 20.2. The highest BCUT2D eigenvalue weighted by Crippen LogP contribution is 2.24. The number of nitrogens with one attached hydrogen (secondary N) is 1. The molecule has 200 valence electrons. The Hall–Kier alpha value is -3.71. The molecule has 38 heavy (non-hydrogen) atoms. The van der Waals surface area contributed by atoms with E-state index >= 15 is 0 Å². The van der Waals surface area contributed by atoms with Crippen molar-refractivity contribution >= 4 is 17.3 Å². The quantitative estimate of drug-likeness (QED) is 0.337. The van der Waals surface area contributed by atoms with Crippen molar-refractivity contribution in [1.82, 2.24) is 4.90 Å². The second-order valence-electron chi connectivity index (χ2n) is 10.1. The van der Waals surface area contributed by atoms with Gasteiger partial charge in [-0.1, -0.05) is 49.2 Å². The van der Waals surface area contributed by atoms with Gasteiger partial charge in [0.05, 0.1) is 13.2 Å². The molecule has 0 spiro atoms. The van der Waals surface area contributed by atoms with E-state index in [-0.39, 0.29) is 12.1 Å². The average molecular weight is 514 g/mol. The largest absolute Gasteiger partial charge is 0.497 e. The third-order valence-corrected chi connectivity index (χ3v) is 7.43. The van der Waals surface area contributed by atoms with E-state index < -0.39 is 0 Å². The molecule has 1 saturated carbocycles. The van der Waals surface area contributed by atoms with Crippen LogP contribution in [-0.4, -0.2) is 56.2 Å². The van der Waals surface area contributed by atoms with E-state index in [2.05, 4.69) is 51.5 Å². The number of hydrogen-bond donors (Lipinski definition) is 2. The molecule has 2 aliphatic rings. The number of rotatable bonds is 7. The predicted molar refractivity (Wildman–Crippen MR) is 155 cm³/mol. The third kappa shape index (κ3) is 6.78. The van der Waals surface area contributed by atoms with Crippen molar-refractivity contribution in [2.75, 3.05) is 43.5 Å². The monoisotopic (exact) mass is 513 g/mol. The number of guanidine groups is 1. The zero-order valence-electron chi connectivity index (χ0n) is 22.3. The lowest BCUT2D eigenvalue weighted by Gasteiger charge is -2.38. The molecule has 3 aromatic carbocycles. The van der Waals surface area contributed by atoms with Crippen molar-refractivity contribution in [1.29, 1.82) is 0 Å². The Balaban J connectivity index is 1.26. The van der Waals surface area contributed by atoms with Gasteiger partial charge in [0.15, 0.2) is 5.96 Å². The van der Waals surface area contributed by atoms with Crippen LogP contribution in [0.2, 0.25) is 0 Å². The predicted octanol–water partition coefficient (Wildman–Crippen LogP) is 5.13. The van der Waals surface area contributed by atoms with Crippen LogP contribution >= 0.6 is 0 Å². The highest BCUT2D eigenvalue weighted by Gasteiger charge is 2.25. The summed E-state index contributed by atoms with van der Waals surface area (Å²) in [6.07, 6.45) is 4.46. The maximum absolute atomic E-state index is 6.49. The van der Waals surface area contributed by atoms with Gasteiger partial charge in [-0.25, -0.2) is 4.99 Å². The lowest BCUT2D eigenvalue weighted by molar-refractivity contribution is 0.306. The Bertz CT molecular complexity index is 1180. The molecule has 2 atom stereocenters. The second-order valence-corrected chi connectivity index (χ2v) is 10.1. The first-order valence-corrected chi connectivity index (χ1v) is 13.7. The van der Waals surface area contributed by atoms with Crippen LogP contribution in [0, 0.1) is 0 Å². The Morgan fingerprint density at radius 1 is 0.895 bits per heavy atom. The van der Waals surface area contributed by atoms with Crippen LogP contribution in [0.25, 0.3) is 0 Å². The van der Waals surface area contributed by atoms with Crippen LogP contribution < -0.4 is 25.4 Å². The number of hydrogen-bond acceptors (Lipinski definition) is 5. The molecule has 0 aromatic heterocycles. The first kappa shape index (κ1) is 25.9. The molecular weight excluding hydrogens is 474 g/mol. The number of nitrogens with zero attached hydrogens (tertiary/aromatic N) is 3. The average Bonchev–Trinajstić information content (AvgIpc) is 2.98. The van der Waals surface area contributed by atoms with Gasteiger partial charge in [0.25, 0.3) is 0 Å². The molecule has 0 radical (unpaired) electrons. The fourth-order valence-electron chi connectivity index (χ4n) is 5.14. The molecule has 3 N–H and O–H groups in total. The highest BCUT2D eigenvalue weighted by atomic mass is 16.5. The molecule has 5 rings (SSSR count). The van der Waals surface area contributed by atoms with E-state index in [1.807, 2.05) is 42.5 Å². The van der Waals surface area contributed by atoms with Crippen molar-refractivity contribution in [2.24, 2.45) is 10.7 Å².